The molecule has 114 valence electrons. The van der Waals surface area contributed by atoms with Gasteiger partial charge in [0.1, 0.15) is 5.82 Å². The summed E-state index contributed by atoms with van der Waals surface area (Å²) in [5.74, 6) is 0.966. The van der Waals surface area contributed by atoms with Gasteiger partial charge in [-0.05, 0) is 19.1 Å². The van der Waals surface area contributed by atoms with Crippen LogP contribution < -0.4 is 5.32 Å². The number of rotatable bonds is 6. The lowest BCUT2D eigenvalue weighted by Gasteiger charge is -2.10. The second kappa shape index (κ2) is 6.87. The third-order valence-electron chi connectivity index (χ3n) is 3.02. The first-order valence-electron chi connectivity index (χ1n) is 6.89. The van der Waals surface area contributed by atoms with Crippen molar-refractivity contribution >= 4 is 9.73 Å². The first-order valence-corrected chi connectivity index (χ1v) is 9.23. The average molecular weight is 306 g/mol. The second-order valence-corrected chi connectivity index (χ2v) is 7.80. The van der Waals surface area contributed by atoms with Crippen LogP contribution in [0, 0.1) is 6.92 Å². The summed E-state index contributed by atoms with van der Waals surface area (Å²) >= 11 is 0. The molecule has 21 heavy (non-hydrogen) atoms. The van der Waals surface area contributed by atoms with E-state index in [1.165, 1.54) is 0 Å². The van der Waals surface area contributed by atoms with E-state index in [0.717, 1.165) is 17.2 Å². The molecule has 1 heterocycles. The zero-order valence-corrected chi connectivity index (χ0v) is 13.6. The molecule has 5 nitrogen and oxygen atoms in total. The molecule has 0 aliphatic rings. The van der Waals surface area contributed by atoms with Gasteiger partial charge in [0.2, 0.25) is 0 Å². The SMILES string of the molecule is Cc1ncc(CNCCN=S(C)(C)=O)n1-c1ccccc1. The Morgan fingerprint density at radius 1 is 1.29 bits per heavy atom. The molecule has 0 fully saturated rings. The lowest BCUT2D eigenvalue weighted by Crippen LogP contribution is -2.19. The van der Waals surface area contributed by atoms with Crippen molar-refractivity contribution in [1.29, 1.82) is 0 Å². The van der Waals surface area contributed by atoms with E-state index in [1.54, 1.807) is 12.5 Å². The van der Waals surface area contributed by atoms with Crippen LogP contribution in [0.15, 0.2) is 40.9 Å². The van der Waals surface area contributed by atoms with Crippen molar-refractivity contribution in [2.75, 3.05) is 25.6 Å². The van der Waals surface area contributed by atoms with Gasteiger partial charge in [-0.2, -0.15) is 0 Å². The number of benzene rings is 1. The summed E-state index contributed by atoms with van der Waals surface area (Å²) in [5, 5.41) is 3.32. The Balaban J connectivity index is 2.01. The van der Waals surface area contributed by atoms with E-state index >= 15 is 0 Å². The highest BCUT2D eigenvalue weighted by Gasteiger charge is 2.07. The first-order chi connectivity index (χ1) is 9.97. The molecule has 1 N–H and O–H groups in total. The minimum atomic E-state index is -2.00. The summed E-state index contributed by atoms with van der Waals surface area (Å²) < 4.78 is 17.7. The van der Waals surface area contributed by atoms with Crippen LogP contribution in [0.5, 0.6) is 0 Å². The molecular weight excluding hydrogens is 284 g/mol. The molecule has 0 radical (unpaired) electrons. The number of nitrogens with zero attached hydrogens (tertiary/aromatic N) is 3. The number of imidazole rings is 1. The molecule has 0 aliphatic heterocycles. The minimum Gasteiger partial charge on any atom is -0.309 e. The fourth-order valence-corrected chi connectivity index (χ4v) is 2.64. The van der Waals surface area contributed by atoms with Crippen LogP contribution in [0.3, 0.4) is 0 Å². The molecule has 0 atom stereocenters. The van der Waals surface area contributed by atoms with Crippen LogP contribution in [0.2, 0.25) is 0 Å². The lowest BCUT2D eigenvalue weighted by molar-refractivity contribution is 0.663. The third-order valence-corrected chi connectivity index (χ3v) is 3.83. The molecule has 0 aliphatic carbocycles. The van der Waals surface area contributed by atoms with Gasteiger partial charge in [-0.25, -0.2) is 9.35 Å². The normalized spacial score (nSPS) is 11.6. The number of para-hydroxylation sites is 1. The molecule has 1 aromatic carbocycles. The molecule has 0 saturated carbocycles. The average Bonchev–Trinajstić information content (AvgIpc) is 2.79. The number of hydrogen-bond donors (Lipinski definition) is 1. The van der Waals surface area contributed by atoms with Gasteiger partial charge in [0.05, 0.1) is 18.4 Å². The number of hydrogen-bond acceptors (Lipinski definition) is 4. The Kier molecular flexibility index (Phi) is 5.14. The maximum atomic E-state index is 11.5. The molecule has 0 amide bonds. The highest BCUT2D eigenvalue weighted by atomic mass is 32.2. The highest BCUT2D eigenvalue weighted by molar-refractivity contribution is 7.92. The zero-order chi connectivity index (χ0) is 15.3. The van der Waals surface area contributed by atoms with Crippen molar-refractivity contribution in [2.45, 2.75) is 13.5 Å². The quantitative estimate of drug-likeness (QED) is 0.830. The van der Waals surface area contributed by atoms with E-state index < -0.39 is 9.73 Å². The Morgan fingerprint density at radius 2 is 2.00 bits per heavy atom. The van der Waals surface area contributed by atoms with Crippen molar-refractivity contribution in [3.8, 4) is 5.69 Å². The highest BCUT2D eigenvalue weighted by Crippen LogP contribution is 2.14. The third kappa shape index (κ3) is 4.68. The summed E-state index contributed by atoms with van der Waals surface area (Å²) in [5.41, 5.74) is 2.21. The van der Waals surface area contributed by atoms with Gasteiger partial charge in [-0.15, -0.1) is 0 Å². The van der Waals surface area contributed by atoms with Crippen LogP contribution in [0.4, 0.5) is 0 Å². The van der Waals surface area contributed by atoms with Crippen molar-refractivity contribution in [3.05, 3.63) is 48.0 Å². The number of aromatic nitrogens is 2. The predicted octanol–water partition coefficient (Wildman–Crippen LogP) is 2.00. The van der Waals surface area contributed by atoms with Crippen LogP contribution in [-0.4, -0.2) is 39.4 Å². The van der Waals surface area contributed by atoms with Crippen LogP contribution in [-0.2, 0) is 16.3 Å². The van der Waals surface area contributed by atoms with Crippen molar-refractivity contribution in [1.82, 2.24) is 14.9 Å². The summed E-state index contributed by atoms with van der Waals surface area (Å²) in [4.78, 5) is 4.38. The topological polar surface area (TPSA) is 59.3 Å². The van der Waals surface area contributed by atoms with Gasteiger partial charge >= 0.3 is 0 Å². The Hall–Kier alpha value is -1.66. The fourth-order valence-electron chi connectivity index (χ4n) is 2.11. The largest absolute Gasteiger partial charge is 0.309 e. The van der Waals surface area contributed by atoms with Crippen molar-refractivity contribution in [2.24, 2.45) is 4.36 Å². The first kappa shape index (κ1) is 15.7. The van der Waals surface area contributed by atoms with Crippen molar-refractivity contribution < 1.29 is 4.21 Å². The van der Waals surface area contributed by atoms with E-state index in [-0.39, 0.29) is 0 Å². The van der Waals surface area contributed by atoms with Crippen LogP contribution in [0.1, 0.15) is 11.5 Å². The van der Waals surface area contributed by atoms with Crippen molar-refractivity contribution in [3.63, 3.8) is 0 Å². The standard InChI is InChI=1S/C15H22N4OS/c1-13-17-12-15(11-16-9-10-18-21(2,3)20)19(13)14-7-5-4-6-8-14/h4-8,12,16H,9-11H2,1-3H3. The fraction of sp³-hybridized carbons (Fsp3) is 0.400. The van der Waals surface area contributed by atoms with E-state index in [9.17, 15) is 4.21 Å². The maximum absolute atomic E-state index is 11.5. The monoisotopic (exact) mass is 306 g/mol. The Labute approximate surface area is 126 Å². The molecule has 0 spiro atoms. The van der Waals surface area contributed by atoms with E-state index in [2.05, 4.69) is 31.4 Å². The van der Waals surface area contributed by atoms with Gasteiger partial charge in [0, 0.05) is 41.0 Å². The van der Waals surface area contributed by atoms with E-state index in [1.807, 2.05) is 31.3 Å². The van der Waals surface area contributed by atoms with Crippen LogP contribution >= 0.6 is 0 Å². The summed E-state index contributed by atoms with van der Waals surface area (Å²) in [6.45, 7) is 3.97. The van der Waals surface area contributed by atoms with Gasteiger partial charge < -0.3 is 5.32 Å². The summed E-state index contributed by atoms with van der Waals surface area (Å²) in [7, 11) is -2.00. The Bertz CT molecular complexity index is 692. The van der Waals surface area contributed by atoms with Gasteiger partial charge in [0.15, 0.2) is 0 Å². The van der Waals surface area contributed by atoms with Gasteiger partial charge in [-0.3, -0.25) is 8.78 Å². The molecular formula is C15H22N4OS. The maximum Gasteiger partial charge on any atom is 0.110 e. The smallest absolute Gasteiger partial charge is 0.110 e. The molecule has 1 aromatic heterocycles. The van der Waals surface area contributed by atoms with E-state index in [0.29, 0.717) is 19.6 Å². The molecule has 2 rings (SSSR count). The summed E-state index contributed by atoms with van der Waals surface area (Å²) in [6, 6.07) is 10.2. The molecule has 2 aromatic rings. The zero-order valence-electron chi connectivity index (χ0n) is 12.7. The second-order valence-electron chi connectivity index (χ2n) is 5.18. The molecule has 0 bridgehead atoms. The van der Waals surface area contributed by atoms with Crippen LogP contribution in [0.25, 0.3) is 5.69 Å². The van der Waals surface area contributed by atoms with E-state index in [4.69, 9.17) is 0 Å². The number of aryl methyl sites for hydroxylation is 1. The summed E-state index contributed by atoms with van der Waals surface area (Å²) in [6.07, 6.45) is 5.19. The predicted molar refractivity (Wildman–Crippen MR) is 87.3 cm³/mol. The molecule has 6 heteroatoms. The lowest BCUT2D eigenvalue weighted by atomic mass is 10.3. The Morgan fingerprint density at radius 3 is 2.67 bits per heavy atom. The molecule has 0 saturated heterocycles. The minimum absolute atomic E-state index is 0.560. The van der Waals surface area contributed by atoms with Gasteiger partial charge in [-0.1, -0.05) is 18.2 Å². The number of nitrogens with one attached hydrogen (secondary N) is 1. The van der Waals surface area contributed by atoms with Gasteiger partial charge in [0.25, 0.3) is 0 Å². The molecule has 0 unspecified atom stereocenters.